The van der Waals surface area contributed by atoms with Crippen molar-refractivity contribution in [2.75, 3.05) is 12.4 Å². The summed E-state index contributed by atoms with van der Waals surface area (Å²) < 4.78 is 10.7. The minimum absolute atomic E-state index is 0.0523. The van der Waals surface area contributed by atoms with Gasteiger partial charge in [-0.1, -0.05) is 41.4 Å². The highest BCUT2D eigenvalue weighted by molar-refractivity contribution is 6.36. The second kappa shape index (κ2) is 7.10. The van der Waals surface area contributed by atoms with Crippen LogP contribution in [0.15, 0.2) is 42.5 Å². The maximum atomic E-state index is 11.3. The average Bonchev–Trinajstić information content (AvgIpc) is 3.11. The van der Waals surface area contributed by atoms with Crippen molar-refractivity contribution in [2.45, 2.75) is 25.3 Å². The molecule has 1 aliphatic heterocycles. The summed E-state index contributed by atoms with van der Waals surface area (Å²) >= 11 is 12.7. The first-order valence-corrected chi connectivity index (χ1v) is 9.52. The minimum atomic E-state index is -0.380. The lowest BCUT2D eigenvalue weighted by Gasteiger charge is -2.38. The first kappa shape index (κ1) is 18.2. The fourth-order valence-corrected chi connectivity index (χ4v) is 4.63. The van der Waals surface area contributed by atoms with Crippen LogP contribution in [0.4, 0.5) is 5.69 Å². The molecule has 0 amide bonds. The van der Waals surface area contributed by atoms with E-state index in [-0.39, 0.29) is 17.9 Å². The molecule has 2 aromatic rings. The van der Waals surface area contributed by atoms with Crippen LogP contribution in [-0.2, 0) is 4.79 Å². The average molecular weight is 404 g/mol. The predicted octanol–water partition coefficient (Wildman–Crippen LogP) is 5.75. The number of fused-ring (bicyclic) bond motifs is 3. The third kappa shape index (κ3) is 3.28. The molecule has 2 aromatic carbocycles. The van der Waals surface area contributed by atoms with E-state index in [0.717, 1.165) is 23.2 Å². The second-order valence-electron chi connectivity index (χ2n) is 6.83. The lowest BCUT2D eigenvalue weighted by Crippen LogP contribution is -2.29. The number of nitrogens with one attached hydrogen (secondary N) is 1. The molecule has 2 aliphatic rings. The van der Waals surface area contributed by atoms with Crippen LogP contribution in [0.25, 0.3) is 0 Å². The fourth-order valence-electron chi connectivity index (χ4n) is 4.07. The van der Waals surface area contributed by atoms with Crippen LogP contribution < -0.4 is 14.8 Å². The number of methoxy groups -OCH3 is 1. The van der Waals surface area contributed by atoms with E-state index in [0.29, 0.717) is 27.5 Å². The third-order valence-corrected chi connectivity index (χ3v) is 5.70. The molecule has 27 heavy (non-hydrogen) atoms. The van der Waals surface area contributed by atoms with Gasteiger partial charge in [0.25, 0.3) is 0 Å². The lowest BCUT2D eigenvalue weighted by molar-refractivity contribution is -0.132. The van der Waals surface area contributed by atoms with E-state index < -0.39 is 0 Å². The highest BCUT2D eigenvalue weighted by Gasteiger charge is 2.39. The molecule has 140 valence electrons. The summed E-state index contributed by atoms with van der Waals surface area (Å²) in [6.07, 6.45) is 5.40. The van der Waals surface area contributed by atoms with E-state index in [1.807, 2.05) is 18.2 Å². The monoisotopic (exact) mass is 403 g/mol. The quantitative estimate of drug-likeness (QED) is 0.402. The van der Waals surface area contributed by atoms with Gasteiger partial charge in [0.2, 0.25) is 0 Å². The van der Waals surface area contributed by atoms with Crippen molar-refractivity contribution in [3.05, 3.63) is 63.7 Å². The number of rotatable bonds is 3. The van der Waals surface area contributed by atoms with Crippen LogP contribution in [0.5, 0.6) is 11.5 Å². The van der Waals surface area contributed by atoms with Gasteiger partial charge >= 0.3 is 5.97 Å². The Morgan fingerprint density at radius 2 is 2.00 bits per heavy atom. The summed E-state index contributed by atoms with van der Waals surface area (Å²) in [4.78, 5) is 11.3. The van der Waals surface area contributed by atoms with Gasteiger partial charge in [-0.15, -0.1) is 0 Å². The molecule has 0 fully saturated rings. The highest BCUT2D eigenvalue weighted by Crippen LogP contribution is 2.52. The molecular formula is C21H19Cl2NO3. The van der Waals surface area contributed by atoms with Gasteiger partial charge in [-0.05, 0) is 47.7 Å². The van der Waals surface area contributed by atoms with E-state index in [4.69, 9.17) is 32.7 Å². The third-order valence-electron chi connectivity index (χ3n) is 5.19. The number of esters is 1. The molecule has 4 rings (SSSR count). The van der Waals surface area contributed by atoms with Crippen LogP contribution >= 0.6 is 23.2 Å². The number of benzene rings is 2. The molecule has 0 radical (unpaired) electrons. The Labute approximate surface area is 168 Å². The maximum Gasteiger partial charge on any atom is 0.308 e. The zero-order chi connectivity index (χ0) is 19.1. The van der Waals surface area contributed by atoms with Crippen LogP contribution in [0.3, 0.4) is 0 Å². The summed E-state index contributed by atoms with van der Waals surface area (Å²) in [6, 6.07) is 9.45. The van der Waals surface area contributed by atoms with Crippen LogP contribution in [0.2, 0.25) is 10.0 Å². The standard InChI is InChI=1S/C21H19Cl2NO3/c1-11(25)27-18-7-6-12(8-19(18)26-2)20-15-5-3-4-14(15)16-9-13(22)10-17(23)21(16)24-20/h3-4,6-10,14-15,20,24H,5H2,1-2H3. The smallest absolute Gasteiger partial charge is 0.308 e. The van der Waals surface area contributed by atoms with Crippen LogP contribution in [-0.4, -0.2) is 13.1 Å². The zero-order valence-electron chi connectivity index (χ0n) is 15.0. The van der Waals surface area contributed by atoms with Gasteiger partial charge in [-0.3, -0.25) is 4.79 Å². The Balaban J connectivity index is 1.75. The molecule has 6 heteroatoms. The van der Waals surface area contributed by atoms with Crippen molar-refractivity contribution in [3.8, 4) is 11.5 Å². The molecule has 3 unspecified atom stereocenters. The van der Waals surface area contributed by atoms with Gasteiger partial charge in [0.1, 0.15) is 0 Å². The molecule has 0 bridgehead atoms. The van der Waals surface area contributed by atoms with E-state index in [2.05, 4.69) is 17.5 Å². The Bertz CT molecular complexity index is 941. The Morgan fingerprint density at radius 1 is 1.19 bits per heavy atom. The van der Waals surface area contributed by atoms with Crippen molar-refractivity contribution in [1.82, 2.24) is 0 Å². The van der Waals surface area contributed by atoms with Gasteiger partial charge in [0.05, 0.1) is 23.9 Å². The normalized spacial score (nSPS) is 22.6. The van der Waals surface area contributed by atoms with Crippen molar-refractivity contribution in [3.63, 3.8) is 0 Å². The number of hydrogen-bond donors (Lipinski definition) is 1. The number of anilines is 1. The molecule has 0 saturated heterocycles. The predicted molar refractivity (Wildman–Crippen MR) is 107 cm³/mol. The fraction of sp³-hybridized carbons (Fsp3) is 0.286. The van der Waals surface area contributed by atoms with Crippen LogP contribution in [0, 0.1) is 5.92 Å². The largest absolute Gasteiger partial charge is 0.493 e. The molecular weight excluding hydrogens is 385 g/mol. The van der Waals surface area contributed by atoms with E-state index in [1.165, 1.54) is 6.92 Å². The van der Waals surface area contributed by atoms with Gasteiger partial charge in [0, 0.05) is 17.9 Å². The van der Waals surface area contributed by atoms with Gasteiger partial charge < -0.3 is 14.8 Å². The van der Waals surface area contributed by atoms with Crippen LogP contribution in [0.1, 0.15) is 36.4 Å². The van der Waals surface area contributed by atoms with Gasteiger partial charge in [-0.25, -0.2) is 0 Å². The highest BCUT2D eigenvalue weighted by atomic mass is 35.5. The summed E-state index contributed by atoms with van der Waals surface area (Å²) in [5.41, 5.74) is 3.10. The summed E-state index contributed by atoms with van der Waals surface area (Å²) in [5.74, 6) is 1.16. The van der Waals surface area contributed by atoms with Gasteiger partial charge in [0.15, 0.2) is 11.5 Å². The maximum absolute atomic E-state index is 11.3. The number of halogens is 2. The van der Waals surface area contributed by atoms with Crippen molar-refractivity contribution >= 4 is 34.9 Å². The van der Waals surface area contributed by atoms with Crippen molar-refractivity contribution in [1.29, 1.82) is 0 Å². The Morgan fingerprint density at radius 3 is 2.74 bits per heavy atom. The molecule has 0 saturated carbocycles. The second-order valence-corrected chi connectivity index (χ2v) is 7.67. The van der Waals surface area contributed by atoms with E-state index >= 15 is 0 Å². The Kier molecular flexibility index (Phi) is 4.79. The topological polar surface area (TPSA) is 47.6 Å². The first-order valence-electron chi connectivity index (χ1n) is 8.76. The number of ether oxygens (including phenoxy) is 2. The minimum Gasteiger partial charge on any atom is -0.493 e. The number of hydrogen-bond acceptors (Lipinski definition) is 4. The molecule has 3 atom stereocenters. The molecule has 0 aromatic heterocycles. The summed E-state index contributed by atoms with van der Waals surface area (Å²) in [5, 5.41) is 4.86. The molecule has 1 N–H and O–H groups in total. The van der Waals surface area contributed by atoms with E-state index in [1.54, 1.807) is 19.2 Å². The zero-order valence-corrected chi connectivity index (χ0v) is 16.5. The summed E-state index contributed by atoms with van der Waals surface area (Å²) in [6.45, 7) is 1.37. The number of carbonyl (C=O) groups is 1. The SMILES string of the molecule is COc1cc(C2Nc3c(Cl)cc(Cl)cc3C3C=CCC32)ccc1OC(C)=O. The van der Waals surface area contributed by atoms with Crippen molar-refractivity contribution in [2.24, 2.45) is 5.92 Å². The lowest BCUT2D eigenvalue weighted by atomic mass is 9.77. The Hall–Kier alpha value is -2.17. The number of allylic oxidation sites excluding steroid dienone is 2. The van der Waals surface area contributed by atoms with Gasteiger partial charge in [-0.2, -0.15) is 0 Å². The number of carbonyl (C=O) groups excluding carboxylic acids is 1. The summed E-state index contributed by atoms with van der Waals surface area (Å²) in [7, 11) is 1.56. The van der Waals surface area contributed by atoms with E-state index in [9.17, 15) is 4.79 Å². The molecule has 0 spiro atoms. The first-order chi connectivity index (χ1) is 13.0. The molecule has 1 aliphatic carbocycles. The van der Waals surface area contributed by atoms with Crippen molar-refractivity contribution < 1.29 is 14.3 Å². The molecule has 4 nitrogen and oxygen atoms in total. The molecule has 1 heterocycles.